The lowest BCUT2D eigenvalue weighted by molar-refractivity contribution is 0.411. The Bertz CT molecular complexity index is 980. The van der Waals surface area contributed by atoms with Gasteiger partial charge in [0.1, 0.15) is 17.4 Å². The number of nitrogens with zero attached hydrogens (tertiary/aromatic N) is 3. The van der Waals surface area contributed by atoms with Crippen molar-refractivity contribution in [2.75, 3.05) is 19.1 Å². The van der Waals surface area contributed by atoms with Crippen LogP contribution in [0.2, 0.25) is 0 Å². The first-order chi connectivity index (χ1) is 13.0. The van der Waals surface area contributed by atoms with Crippen molar-refractivity contribution in [2.45, 2.75) is 26.8 Å². The average molecular weight is 364 g/mol. The zero-order valence-corrected chi connectivity index (χ0v) is 16.1. The van der Waals surface area contributed by atoms with Crippen LogP contribution in [0.1, 0.15) is 23.7 Å². The molecule has 27 heavy (non-hydrogen) atoms. The highest BCUT2D eigenvalue weighted by Gasteiger charge is 2.08. The second-order valence-corrected chi connectivity index (χ2v) is 6.50. The van der Waals surface area contributed by atoms with E-state index in [4.69, 9.17) is 4.74 Å². The van der Waals surface area contributed by atoms with Crippen molar-refractivity contribution in [1.29, 1.82) is 0 Å². The number of H-pyrrole nitrogens is 1. The van der Waals surface area contributed by atoms with Gasteiger partial charge in [0, 0.05) is 37.1 Å². The quantitative estimate of drug-likeness (QED) is 0.726. The third-order valence-corrected chi connectivity index (χ3v) is 4.45. The van der Waals surface area contributed by atoms with E-state index in [1.165, 1.54) is 11.6 Å². The Balaban J connectivity index is 1.77. The Morgan fingerprint density at radius 1 is 1.19 bits per heavy atom. The van der Waals surface area contributed by atoms with Crippen LogP contribution in [0.3, 0.4) is 0 Å². The third-order valence-electron chi connectivity index (χ3n) is 4.45. The van der Waals surface area contributed by atoms with Crippen LogP contribution in [0.4, 0.5) is 5.82 Å². The number of hydrogen-bond donors (Lipinski definition) is 1. The molecule has 3 rings (SSSR count). The van der Waals surface area contributed by atoms with E-state index in [1.54, 1.807) is 13.3 Å². The molecule has 0 saturated carbocycles. The number of ether oxygens (including phenoxy) is 1. The van der Waals surface area contributed by atoms with Crippen LogP contribution in [0.25, 0.3) is 11.4 Å². The topological polar surface area (TPSA) is 71.1 Å². The molecule has 2 aromatic heterocycles. The van der Waals surface area contributed by atoms with Gasteiger partial charge in [0.2, 0.25) is 0 Å². The summed E-state index contributed by atoms with van der Waals surface area (Å²) in [6.07, 6.45) is 2.45. The number of pyridine rings is 1. The van der Waals surface area contributed by atoms with Crippen molar-refractivity contribution in [3.05, 3.63) is 69.8 Å². The zero-order chi connectivity index (χ0) is 19.4. The van der Waals surface area contributed by atoms with Gasteiger partial charge >= 0.3 is 0 Å². The Morgan fingerprint density at radius 2 is 2.00 bits per heavy atom. The van der Waals surface area contributed by atoms with Crippen LogP contribution < -0.4 is 15.2 Å². The molecule has 0 aliphatic carbocycles. The molecule has 6 nitrogen and oxygen atoms in total. The molecular formula is C21H24N4O2. The number of anilines is 1. The van der Waals surface area contributed by atoms with E-state index < -0.39 is 0 Å². The van der Waals surface area contributed by atoms with E-state index in [2.05, 4.69) is 32.0 Å². The van der Waals surface area contributed by atoms with E-state index in [1.807, 2.05) is 39.1 Å². The molecule has 0 fully saturated rings. The fourth-order valence-electron chi connectivity index (χ4n) is 2.97. The van der Waals surface area contributed by atoms with Gasteiger partial charge in [0.05, 0.1) is 7.11 Å². The van der Waals surface area contributed by atoms with E-state index >= 15 is 0 Å². The molecule has 0 saturated heterocycles. The molecule has 0 aliphatic heterocycles. The predicted octanol–water partition coefficient (Wildman–Crippen LogP) is 3.35. The second kappa shape index (κ2) is 8.03. The van der Waals surface area contributed by atoms with Crippen molar-refractivity contribution in [2.24, 2.45) is 0 Å². The van der Waals surface area contributed by atoms with E-state index in [0.717, 1.165) is 34.9 Å². The van der Waals surface area contributed by atoms with Gasteiger partial charge in [-0.1, -0.05) is 19.1 Å². The minimum atomic E-state index is -0.145. The maximum absolute atomic E-state index is 11.8. The number of aromatic amines is 1. The standard InChI is InChI=1S/C21H24N4O2/c1-5-17-11-20(26)24-21(23-17)16-7-9-19(22-12-16)25(3)13-15-6-8-18(27-4)14(2)10-15/h6-12H,5,13H2,1-4H3,(H,23,24,26). The first-order valence-corrected chi connectivity index (χ1v) is 8.91. The van der Waals surface area contributed by atoms with E-state index in [0.29, 0.717) is 12.2 Å². The van der Waals surface area contributed by atoms with Crippen molar-refractivity contribution >= 4 is 5.82 Å². The SMILES string of the molecule is CCc1cc(=O)[nH]c(-c2ccc(N(C)Cc3ccc(OC)c(C)c3)nc2)n1. The molecule has 2 heterocycles. The van der Waals surface area contributed by atoms with Crippen molar-refractivity contribution in [3.63, 3.8) is 0 Å². The normalized spacial score (nSPS) is 10.7. The highest BCUT2D eigenvalue weighted by atomic mass is 16.5. The number of methoxy groups -OCH3 is 1. The van der Waals surface area contributed by atoms with Gasteiger partial charge in [-0.05, 0) is 42.7 Å². The Kier molecular flexibility index (Phi) is 5.54. The van der Waals surface area contributed by atoms with Crippen molar-refractivity contribution in [3.8, 4) is 17.1 Å². The largest absolute Gasteiger partial charge is 0.496 e. The predicted molar refractivity (Wildman–Crippen MR) is 107 cm³/mol. The number of hydrogen-bond acceptors (Lipinski definition) is 5. The fourth-order valence-corrected chi connectivity index (χ4v) is 2.97. The Hall–Kier alpha value is -3.15. The highest BCUT2D eigenvalue weighted by molar-refractivity contribution is 5.56. The van der Waals surface area contributed by atoms with Crippen molar-refractivity contribution < 1.29 is 4.74 Å². The van der Waals surface area contributed by atoms with Gasteiger partial charge in [-0.15, -0.1) is 0 Å². The number of rotatable bonds is 6. The Morgan fingerprint density at radius 3 is 2.63 bits per heavy atom. The summed E-state index contributed by atoms with van der Waals surface area (Å²) in [6.45, 7) is 4.74. The minimum Gasteiger partial charge on any atom is -0.496 e. The molecule has 0 amide bonds. The maximum atomic E-state index is 11.8. The molecule has 1 N–H and O–H groups in total. The molecule has 140 valence electrons. The van der Waals surface area contributed by atoms with Gasteiger partial charge in [-0.25, -0.2) is 9.97 Å². The third kappa shape index (κ3) is 4.34. The van der Waals surface area contributed by atoms with E-state index in [-0.39, 0.29) is 5.56 Å². The lowest BCUT2D eigenvalue weighted by Crippen LogP contribution is -2.17. The van der Waals surface area contributed by atoms with Gasteiger partial charge in [-0.3, -0.25) is 4.79 Å². The maximum Gasteiger partial charge on any atom is 0.251 e. The lowest BCUT2D eigenvalue weighted by atomic mass is 10.1. The number of nitrogens with one attached hydrogen (secondary N) is 1. The summed E-state index contributed by atoms with van der Waals surface area (Å²) in [4.78, 5) is 25.6. The summed E-state index contributed by atoms with van der Waals surface area (Å²) in [5, 5.41) is 0. The first kappa shape index (κ1) is 18.6. The van der Waals surface area contributed by atoms with Crippen LogP contribution >= 0.6 is 0 Å². The van der Waals surface area contributed by atoms with Crippen LogP contribution in [0.15, 0.2) is 47.4 Å². The molecule has 0 bridgehead atoms. The summed E-state index contributed by atoms with van der Waals surface area (Å²) < 4.78 is 5.31. The van der Waals surface area contributed by atoms with Crippen LogP contribution in [0.5, 0.6) is 5.75 Å². The molecule has 0 atom stereocenters. The smallest absolute Gasteiger partial charge is 0.251 e. The van der Waals surface area contributed by atoms with Gasteiger partial charge in [0.15, 0.2) is 0 Å². The molecule has 3 aromatic rings. The average Bonchev–Trinajstić information content (AvgIpc) is 2.67. The summed E-state index contributed by atoms with van der Waals surface area (Å²) in [5.74, 6) is 2.28. The van der Waals surface area contributed by atoms with Crippen LogP contribution in [-0.2, 0) is 13.0 Å². The van der Waals surface area contributed by atoms with Gasteiger partial charge in [0.25, 0.3) is 5.56 Å². The lowest BCUT2D eigenvalue weighted by Gasteiger charge is -2.19. The van der Waals surface area contributed by atoms with Gasteiger partial charge < -0.3 is 14.6 Å². The van der Waals surface area contributed by atoms with Crippen LogP contribution in [-0.4, -0.2) is 29.1 Å². The van der Waals surface area contributed by atoms with E-state index in [9.17, 15) is 4.79 Å². The molecule has 6 heteroatoms. The molecule has 0 aliphatic rings. The van der Waals surface area contributed by atoms with Crippen molar-refractivity contribution in [1.82, 2.24) is 15.0 Å². The molecular weight excluding hydrogens is 340 g/mol. The summed E-state index contributed by atoms with van der Waals surface area (Å²) in [7, 11) is 3.68. The summed E-state index contributed by atoms with van der Waals surface area (Å²) >= 11 is 0. The van der Waals surface area contributed by atoms with Gasteiger partial charge in [-0.2, -0.15) is 0 Å². The number of aryl methyl sites for hydroxylation is 2. The molecule has 0 unspecified atom stereocenters. The summed E-state index contributed by atoms with van der Waals surface area (Å²) in [5.41, 5.74) is 3.71. The number of aromatic nitrogens is 3. The monoisotopic (exact) mass is 364 g/mol. The number of benzene rings is 1. The molecule has 0 radical (unpaired) electrons. The minimum absolute atomic E-state index is 0.145. The Labute approximate surface area is 158 Å². The molecule has 1 aromatic carbocycles. The first-order valence-electron chi connectivity index (χ1n) is 8.91. The highest BCUT2D eigenvalue weighted by Crippen LogP contribution is 2.21. The zero-order valence-electron chi connectivity index (χ0n) is 16.1. The fraction of sp³-hybridized carbons (Fsp3) is 0.286. The second-order valence-electron chi connectivity index (χ2n) is 6.50. The van der Waals surface area contributed by atoms with Crippen LogP contribution in [0, 0.1) is 6.92 Å². The molecule has 0 spiro atoms. The summed E-state index contributed by atoms with van der Waals surface area (Å²) in [6, 6.07) is 11.5.